The molecule has 1 aromatic rings. The maximum atomic E-state index is 10.3. The molecule has 18 heavy (non-hydrogen) atoms. The van der Waals surface area contributed by atoms with Crippen molar-refractivity contribution in [1.82, 2.24) is 5.32 Å². The van der Waals surface area contributed by atoms with Crippen molar-refractivity contribution in [3.63, 3.8) is 0 Å². The standard InChI is InChI=1S/C15H25NO2/c1-13-5-4-6-14(11-13)12-15(2,17)7-8-16-9-10-18-3/h4-6,11,16-17H,7-10,12H2,1-3H3. The predicted octanol–water partition coefficient (Wildman–Crippen LogP) is 1.91. The Bertz CT molecular complexity index is 350. The van der Waals surface area contributed by atoms with Crippen LogP contribution in [0.15, 0.2) is 24.3 Å². The molecule has 0 fully saturated rings. The smallest absolute Gasteiger partial charge is 0.0672 e. The molecule has 2 N–H and O–H groups in total. The topological polar surface area (TPSA) is 41.5 Å². The van der Waals surface area contributed by atoms with Crippen molar-refractivity contribution in [2.75, 3.05) is 26.8 Å². The van der Waals surface area contributed by atoms with Crippen molar-refractivity contribution >= 4 is 0 Å². The van der Waals surface area contributed by atoms with E-state index in [1.165, 1.54) is 11.1 Å². The normalized spacial score (nSPS) is 14.4. The van der Waals surface area contributed by atoms with E-state index in [9.17, 15) is 5.11 Å². The first kappa shape index (κ1) is 15.2. The SMILES string of the molecule is COCCNCCC(C)(O)Cc1cccc(C)c1. The average molecular weight is 251 g/mol. The molecule has 0 aliphatic rings. The molecule has 1 rings (SSSR count). The van der Waals surface area contributed by atoms with Crippen LogP contribution in [0, 0.1) is 6.92 Å². The molecule has 102 valence electrons. The number of hydrogen-bond acceptors (Lipinski definition) is 3. The Morgan fingerprint density at radius 1 is 1.33 bits per heavy atom. The quantitative estimate of drug-likeness (QED) is 0.694. The minimum atomic E-state index is -0.659. The van der Waals surface area contributed by atoms with E-state index >= 15 is 0 Å². The van der Waals surface area contributed by atoms with Crippen molar-refractivity contribution in [2.24, 2.45) is 0 Å². The van der Waals surface area contributed by atoms with Crippen molar-refractivity contribution in [3.05, 3.63) is 35.4 Å². The summed E-state index contributed by atoms with van der Waals surface area (Å²) >= 11 is 0. The number of rotatable bonds is 8. The average Bonchev–Trinajstić information content (AvgIpc) is 2.28. The monoisotopic (exact) mass is 251 g/mol. The van der Waals surface area contributed by atoms with Crippen LogP contribution in [0.3, 0.4) is 0 Å². The Morgan fingerprint density at radius 2 is 2.11 bits per heavy atom. The highest BCUT2D eigenvalue weighted by atomic mass is 16.5. The zero-order valence-corrected chi connectivity index (χ0v) is 11.7. The van der Waals surface area contributed by atoms with Gasteiger partial charge >= 0.3 is 0 Å². The van der Waals surface area contributed by atoms with E-state index in [0.717, 1.165) is 19.5 Å². The van der Waals surface area contributed by atoms with Gasteiger partial charge in [0, 0.05) is 20.1 Å². The molecule has 0 amide bonds. The van der Waals surface area contributed by atoms with E-state index in [-0.39, 0.29) is 0 Å². The first-order valence-corrected chi connectivity index (χ1v) is 6.51. The fraction of sp³-hybridized carbons (Fsp3) is 0.600. The van der Waals surface area contributed by atoms with Gasteiger partial charge in [0.2, 0.25) is 0 Å². The molecular formula is C15H25NO2. The second-order valence-corrected chi connectivity index (χ2v) is 5.16. The third kappa shape index (κ3) is 6.15. The van der Waals surface area contributed by atoms with Crippen LogP contribution in [0.2, 0.25) is 0 Å². The van der Waals surface area contributed by atoms with Crippen LogP contribution in [0.1, 0.15) is 24.5 Å². The van der Waals surface area contributed by atoms with Gasteiger partial charge in [-0.1, -0.05) is 29.8 Å². The van der Waals surface area contributed by atoms with Crippen LogP contribution in [-0.4, -0.2) is 37.5 Å². The Hall–Kier alpha value is -0.900. The van der Waals surface area contributed by atoms with Crippen LogP contribution in [0.25, 0.3) is 0 Å². The molecule has 0 heterocycles. The molecule has 0 radical (unpaired) electrons. The van der Waals surface area contributed by atoms with Gasteiger partial charge in [-0.3, -0.25) is 0 Å². The van der Waals surface area contributed by atoms with E-state index in [2.05, 4.69) is 30.4 Å². The van der Waals surface area contributed by atoms with Crippen LogP contribution in [-0.2, 0) is 11.2 Å². The molecule has 0 aromatic heterocycles. The lowest BCUT2D eigenvalue weighted by atomic mass is 9.92. The Labute approximate surface area is 110 Å². The van der Waals surface area contributed by atoms with E-state index in [0.29, 0.717) is 13.0 Å². The van der Waals surface area contributed by atoms with E-state index < -0.39 is 5.60 Å². The highest BCUT2D eigenvalue weighted by molar-refractivity contribution is 5.23. The third-order valence-electron chi connectivity index (χ3n) is 2.99. The summed E-state index contributed by atoms with van der Waals surface area (Å²) in [6, 6.07) is 8.31. The zero-order valence-electron chi connectivity index (χ0n) is 11.7. The highest BCUT2D eigenvalue weighted by Gasteiger charge is 2.20. The molecule has 1 atom stereocenters. The van der Waals surface area contributed by atoms with Gasteiger partial charge in [-0.05, 0) is 32.4 Å². The fourth-order valence-electron chi connectivity index (χ4n) is 2.01. The summed E-state index contributed by atoms with van der Waals surface area (Å²) in [7, 11) is 1.69. The Morgan fingerprint density at radius 3 is 2.78 bits per heavy atom. The molecule has 0 aliphatic heterocycles. The highest BCUT2D eigenvalue weighted by Crippen LogP contribution is 2.17. The first-order valence-electron chi connectivity index (χ1n) is 6.51. The molecule has 1 aromatic carbocycles. The molecular weight excluding hydrogens is 226 g/mol. The van der Waals surface area contributed by atoms with Gasteiger partial charge in [0.1, 0.15) is 0 Å². The number of aryl methyl sites for hydroxylation is 1. The number of benzene rings is 1. The van der Waals surface area contributed by atoms with Gasteiger partial charge in [0.15, 0.2) is 0 Å². The van der Waals surface area contributed by atoms with Gasteiger partial charge in [-0.2, -0.15) is 0 Å². The summed E-state index contributed by atoms with van der Waals surface area (Å²) < 4.78 is 4.96. The molecule has 0 bridgehead atoms. The van der Waals surface area contributed by atoms with Crippen LogP contribution < -0.4 is 5.32 Å². The van der Waals surface area contributed by atoms with Crippen molar-refractivity contribution < 1.29 is 9.84 Å². The lowest BCUT2D eigenvalue weighted by Gasteiger charge is -2.23. The van der Waals surface area contributed by atoms with E-state index in [4.69, 9.17) is 4.74 Å². The fourth-order valence-corrected chi connectivity index (χ4v) is 2.01. The van der Waals surface area contributed by atoms with Crippen molar-refractivity contribution in [3.8, 4) is 0 Å². The maximum Gasteiger partial charge on any atom is 0.0672 e. The van der Waals surface area contributed by atoms with Gasteiger partial charge in [0.25, 0.3) is 0 Å². The number of aliphatic hydroxyl groups is 1. The van der Waals surface area contributed by atoms with Crippen LogP contribution in [0.5, 0.6) is 0 Å². The number of methoxy groups -OCH3 is 1. The summed E-state index contributed by atoms with van der Waals surface area (Å²) in [5.74, 6) is 0. The van der Waals surface area contributed by atoms with E-state index in [1.54, 1.807) is 7.11 Å². The summed E-state index contributed by atoms with van der Waals surface area (Å²) in [5.41, 5.74) is 1.77. The maximum absolute atomic E-state index is 10.3. The van der Waals surface area contributed by atoms with Crippen molar-refractivity contribution in [1.29, 1.82) is 0 Å². The minimum Gasteiger partial charge on any atom is -0.390 e. The summed E-state index contributed by atoms with van der Waals surface area (Å²) in [6.45, 7) is 6.32. The molecule has 3 nitrogen and oxygen atoms in total. The second-order valence-electron chi connectivity index (χ2n) is 5.16. The number of hydrogen-bond donors (Lipinski definition) is 2. The summed E-state index contributed by atoms with van der Waals surface area (Å²) in [5, 5.41) is 13.6. The molecule has 0 aliphatic carbocycles. The Balaban J connectivity index is 2.34. The number of ether oxygens (including phenoxy) is 1. The van der Waals surface area contributed by atoms with Gasteiger partial charge in [-0.15, -0.1) is 0 Å². The Kier molecular flexibility index (Phi) is 6.33. The molecule has 0 saturated carbocycles. The van der Waals surface area contributed by atoms with Crippen LogP contribution in [0.4, 0.5) is 0 Å². The van der Waals surface area contributed by atoms with Gasteiger partial charge in [0.05, 0.1) is 12.2 Å². The predicted molar refractivity (Wildman–Crippen MR) is 74.9 cm³/mol. The van der Waals surface area contributed by atoms with Gasteiger partial charge < -0.3 is 15.2 Å². The van der Waals surface area contributed by atoms with E-state index in [1.807, 2.05) is 13.0 Å². The number of nitrogens with one attached hydrogen (secondary N) is 1. The lowest BCUT2D eigenvalue weighted by Crippen LogP contribution is -2.33. The molecule has 0 saturated heterocycles. The largest absolute Gasteiger partial charge is 0.390 e. The first-order chi connectivity index (χ1) is 8.53. The third-order valence-corrected chi connectivity index (χ3v) is 2.99. The van der Waals surface area contributed by atoms with Crippen LogP contribution >= 0.6 is 0 Å². The summed E-state index contributed by atoms with van der Waals surface area (Å²) in [6.07, 6.45) is 1.44. The lowest BCUT2D eigenvalue weighted by molar-refractivity contribution is 0.0510. The molecule has 1 unspecified atom stereocenters. The second kappa shape index (κ2) is 7.52. The molecule has 3 heteroatoms. The van der Waals surface area contributed by atoms with Gasteiger partial charge in [-0.25, -0.2) is 0 Å². The molecule has 0 spiro atoms. The summed E-state index contributed by atoms with van der Waals surface area (Å²) in [4.78, 5) is 0. The van der Waals surface area contributed by atoms with Crippen molar-refractivity contribution in [2.45, 2.75) is 32.3 Å². The zero-order chi connectivity index (χ0) is 13.4. The minimum absolute atomic E-state index is 0.659.